The number of piperidine rings is 1. The Morgan fingerprint density at radius 1 is 1.09 bits per heavy atom. The van der Waals surface area contributed by atoms with Gasteiger partial charge in [-0.3, -0.25) is 9.69 Å². The van der Waals surface area contributed by atoms with E-state index in [2.05, 4.69) is 53.2 Å². The summed E-state index contributed by atoms with van der Waals surface area (Å²) < 4.78 is 5.21. The smallest absolute Gasteiger partial charge is 0.238 e. The van der Waals surface area contributed by atoms with Crippen LogP contribution in [-0.2, 0) is 4.79 Å². The molecule has 0 radical (unpaired) electrons. The quantitative estimate of drug-likeness (QED) is 0.584. The Hall–Kier alpha value is -2.57. The van der Waals surface area contributed by atoms with E-state index in [4.69, 9.17) is 4.74 Å². The van der Waals surface area contributed by atoms with Crippen molar-refractivity contribution in [1.82, 2.24) is 4.90 Å². The fourth-order valence-corrected chi connectivity index (χ4v) is 5.89. The number of carbonyl (C=O) groups excluding carboxylic acids is 1. The number of likely N-dealkylation sites (tertiary alicyclic amines) is 1. The molecule has 0 aromatic heterocycles. The number of nitrogens with one attached hydrogen (secondary N) is 1. The fourth-order valence-electron chi connectivity index (χ4n) is 5.89. The average Bonchev–Trinajstić information content (AvgIpc) is 2.86. The van der Waals surface area contributed by atoms with Gasteiger partial charge in [0.15, 0.2) is 0 Å². The Balaban J connectivity index is 1.55. The van der Waals surface area contributed by atoms with Gasteiger partial charge in [0.2, 0.25) is 5.91 Å². The van der Waals surface area contributed by atoms with Crippen LogP contribution >= 0.6 is 0 Å². The minimum Gasteiger partial charge on any atom is -0.497 e. The molecule has 6 heteroatoms. The molecule has 1 heterocycles. The molecule has 1 saturated heterocycles. The summed E-state index contributed by atoms with van der Waals surface area (Å²) in [4.78, 5) is 17.6. The van der Waals surface area contributed by atoms with Gasteiger partial charge < -0.3 is 20.1 Å². The van der Waals surface area contributed by atoms with Crippen molar-refractivity contribution >= 4 is 17.3 Å². The molecule has 184 valence electrons. The molecule has 4 rings (SSSR count). The predicted molar refractivity (Wildman–Crippen MR) is 137 cm³/mol. The molecule has 2 aromatic rings. The third-order valence-corrected chi connectivity index (χ3v) is 7.76. The van der Waals surface area contributed by atoms with Crippen LogP contribution in [0, 0.1) is 5.92 Å². The summed E-state index contributed by atoms with van der Waals surface area (Å²) in [5, 5.41) is 14.6. The second-order valence-corrected chi connectivity index (χ2v) is 9.66. The molecule has 0 spiro atoms. The first kappa shape index (κ1) is 24.6. The number of ether oxygens (including phenoxy) is 1. The molecule has 2 aliphatic rings. The number of benzene rings is 2. The van der Waals surface area contributed by atoms with Gasteiger partial charge in [-0.05, 0) is 75.1 Å². The van der Waals surface area contributed by atoms with E-state index in [1.54, 1.807) is 7.11 Å². The number of methoxy groups -OCH3 is 1. The zero-order valence-corrected chi connectivity index (χ0v) is 20.8. The standard InChI is InChI=1S/C28H39N3O3/c1-4-30(5-2)23-13-9-21(10-14-23)27-25-8-6-7-17-28(25,33)18-19-31(27)20-26(32)29-22-11-15-24(34-3)16-12-22/h9-16,25,27,33H,4-8,17-20H2,1-3H3,(H,29,32)/t25-,27+,28+/m0/s1. The lowest BCUT2D eigenvalue weighted by atomic mass is 9.66. The fraction of sp³-hybridized carbons (Fsp3) is 0.536. The van der Waals surface area contributed by atoms with Crippen molar-refractivity contribution in [1.29, 1.82) is 0 Å². The molecular formula is C28H39N3O3. The lowest BCUT2D eigenvalue weighted by Gasteiger charge is -2.52. The lowest BCUT2D eigenvalue weighted by Crippen LogP contribution is -2.56. The molecule has 34 heavy (non-hydrogen) atoms. The number of fused-ring (bicyclic) bond motifs is 1. The Morgan fingerprint density at radius 3 is 2.44 bits per heavy atom. The maximum atomic E-state index is 13.0. The first-order valence-corrected chi connectivity index (χ1v) is 12.7. The molecule has 1 aliphatic heterocycles. The topological polar surface area (TPSA) is 65.0 Å². The third kappa shape index (κ3) is 5.23. The second-order valence-electron chi connectivity index (χ2n) is 9.66. The van der Waals surface area contributed by atoms with E-state index in [1.807, 2.05) is 24.3 Å². The first-order chi connectivity index (χ1) is 16.5. The van der Waals surface area contributed by atoms with Crippen LogP contribution < -0.4 is 15.0 Å². The van der Waals surface area contributed by atoms with Crippen molar-refractivity contribution in [3.63, 3.8) is 0 Å². The van der Waals surface area contributed by atoms with Crippen molar-refractivity contribution in [2.24, 2.45) is 5.92 Å². The van der Waals surface area contributed by atoms with E-state index in [9.17, 15) is 9.90 Å². The number of amides is 1. The average molecular weight is 466 g/mol. The Bertz CT molecular complexity index is 942. The highest BCUT2D eigenvalue weighted by atomic mass is 16.5. The minimum absolute atomic E-state index is 0.0313. The first-order valence-electron chi connectivity index (χ1n) is 12.7. The van der Waals surface area contributed by atoms with Crippen LogP contribution in [-0.4, -0.2) is 54.8 Å². The highest BCUT2D eigenvalue weighted by Crippen LogP contribution is 2.49. The van der Waals surface area contributed by atoms with Crippen LogP contribution in [0.1, 0.15) is 57.6 Å². The van der Waals surface area contributed by atoms with Crippen molar-refractivity contribution in [3.05, 3.63) is 54.1 Å². The summed E-state index contributed by atoms with van der Waals surface area (Å²) in [5.74, 6) is 0.873. The Kier molecular flexibility index (Phi) is 7.79. The minimum atomic E-state index is -0.635. The van der Waals surface area contributed by atoms with Gasteiger partial charge in [0.05, 0.1) is 19.3 Å². The summed E-state index contributed by atoms with van der Waals surface area (Å²) in [7, 11) is 1.63. The van der Waals surface area contributed by atoms with Gasteiger partial charge in [-0.15, -0.1) is 0 Å². The monoisotopic (exact) mass is 465 g/mol. The van der Waals surface area contributed by atoms with E-state index >= 15 is 0 Å². The molecule has 2 aromatic carbocycles. The van der Waals surface area contributed by atoms with Crippen LogP contribution in [0.25, 0.3) is 0 Å². The van der Waals surface area contributed by atoms with Gasteiger partial charge in [-0.1, -0.05) is 25.0 Å². The highest BCUT2D eigenvalue weighted by Gasteiger charge is 2.49. The van der Waals surface area contributed by atoms with Gasteiger partial charge in [-0.2, -0.15) is 0 Å². The summed E-state index contributed by atoms with van der Waals surface area (Å²) in [6.45, 7) is 7.30. The number of hydrogen-bond donors (Lipinski definition) is 2. The number of hydrogen-bond acceptors (Lipinski definition) is 5. The van der Waals surface area contributed by atoms with Crippen molar-refractivity contribution in [2.45, 2.75) is 57.6 Å². The second kappa shape index (κ2) is 10.8. The zero-order valence-electron chi connectivity index (χ0n) is 20.8. The van der Waals surface area contributed by atoms with Crippen LogP contribution in [0.5, 0.6) is 5.75 Å². The zero-order chi connectivity index (χ0) is 24.1. The van der Waals surface area contributed by atoms with Crippen LogP contribution in [0.2, 0.25) is 0 Å². The molecule has 0 bridgehead atoms. The summed E-state index contributed by atoms with van der Waals surface area (Å²) in [5.41, 5.74) is 2.53. The normalized spacial score (nSPS) is 24.8. The van der Waals surface area contributed by atoms with Gasteiger partial charge in [-0.25, -0.2) is 0 Å². The summed E-state index contributed by atoms with van der Waals surface area (Å²) in [6.07, 6.45) is 4.79. The number of anilines is 2. The maximum absolute atomic E-state index is 13.0. The van der Waals surface area contributed by atoms with Gasteiger partial charge in [0.25, 0.3) is 0 Å². The SMILES string of the molecule is CCN(CC)c1ccc([C@@H]2[C@@H]3CCCC[C@@]3(O)CCN2CC(=O)Nc2ccc(OC)cc2)cc1. The molecule has 0 unspecified atom stereocenters. The van der Waals surface area contributed by atoms with Crippen molar-refractivity contribution in [3.8, 4) is 5.75 Å². The molecule has 2 fully saturated rings. The van der Waals surface area contributed by atoms with E-state index in [0.717, 1.165) is 56.6 Å². The van der Waals surface area contributed by atoms with Crippen LogP contribution in [0.3, 0.4) is 0 Å². The van der Waals surface area contributed by atoms with E-state index < -0.39 is 5.60 Å². The number of nitrogens with zero attached hydrogens (tertiary/aromatic N) is 2. The molecule has 2 N–H and O–H groups in total. The van der Waals surface area contributed by atoms with E-state index in [1.165, 1.54) is 11.3 Å². The summed E-state index contributed by atoms with van der Waals surface area (Å²) in [6, 6.07) is 16.2. The Labute approximate surface area is 203 Å². The van der Waals surface area contributed by atoms with Crippen molar-refractivity contribution < 1.29 is 14.6 Å². The number of aliphatic hydroxyl groups is 1. The third-order valence-electron chi connectivity index (χ3n) is 7.76. The molecular weight excluding hydrogens is 426 g/mol. The van der Waals surface area contributed by atoms with E-state index in [0.29, 0.717) is 13.1 Å². The highest BCUT2D eigenvalue weighted by molar-refractivity contribution is 5.92. The molecule has 1 aliphatic carbocycles. The van der Waals surface area contributed by atoms with Crippen molar-refractivity contribution in [2.75, 3.05) is 43.5 Å². The van der Waals surface area contributed by atoms with Gasteiger partial charge in [0.1, 0.15) is 5.75 Å². The number of rotatable bonds is 8. The van der Waals surface area contributed by atoms with Gasteiger partial charge in [0, 0.05) is 43.0 Å². The molecule has 1 saturated carbocycles. The number of carbonyl (C=O) groups is 1. The van der Waals surface area contributed by atoms with E-state index in [-0.39, 0.29) is 17.9 Å². The van der Waals surface area contributed by atoms with Crippen LogP contribution in [0.4, 0.5) is 11.4 Å². The molecule has 1 amide bonds. The molecule has 6 nitrogen and oxygen atoms in total. The lowest BCUT2D eigenvalue weighted by molar-refractivity contribution is -0.135. The largest absolute Gasteiger partial charge is 0.497 e. The Morgan fingerprint density at radius 2 is 1.79 bits per heavy atom. The predicted octanol–water partition coefficient (Wildman–Crippen LogP) is 4.85. The van der Waals surface area contributed by atoms with Crippen LogP contribution in [0.15, 0.2) is 48.5 Å². The summed E-state index contributed by atoms with van der Waals surface area (Å²) >= 11 is 0. The maximum Gasteiger partial charge on any atom is 0.238 e. The van der Waals surface area contributed by atoms with Gasteiger partial charge >= 0.3 is 0 Å². The molecule has 3 atom stereocenters.